The second kappa shape index (κ2) is 6.27. The molecule has 0 atom stereocenters. The van der Waals surface area contributed by atoms with Gasteiger partial charge in [0.25, 0.3) is 0 Å². The number of carboxylic acid groups (broad SMARTS) is 1. The normalized spacial score (nSPS) is 9.88. The van der Waals surface area contributed by atoms with Gasteiger partial charge in [-0.2, -0.15) is 0 Å². The lowest BCUT2D eigenvalue weighted by Crippen LogP contribution is -1.96. The van der Waals surface area contributed by atoms with Crippen LogP contribution in [0.5, 0.6) is 11.5 Å². The summed E-state index contributed by atoms with van der Waals surface area (Å²) in [4.78, 5) is 11.3. The first-order valence-corrected chi connectivity index (χ1v) is 5.72. The highest BCUT2D eigenvalue weighted by molar-refractivity contribution is 7.99. The lowest BCUT2D eigenvalue weighted by molar-refractivity contribution is -0.136. The summed E-state index contributed by atoms with van der Waals surface area (Å²) in [7, 11) is 3.18. The molecule has 1 rings (SSSR count). The lowest BCUT2D eigenvalue weighted by Gasteiger charge is -2.09. The van der Waals surface area contributed by atoms with Crippen LogP contribution in [0.2, 0.25) is 0 Å². The van der Waals surface area contributed by atoms with E-state index in [-0.39, 0.29) is 6.42 Å². The number of hydrogen-bond acceptors (Lipinski definition) is 4. The molecule has 4 nitrogen and oxygen atoms in total. The van der Waals surface area contributed by atoms with E-state index in [1.54, 1.807) is 20.3 Å². The Morgan fingerprint density at radius 2 is 2.12 bits per heavy atom. The van der Waals surface area contributed by atoms with Crippen molar-refractivity contribution < 1.29 is 19.4 Å². The first kappa shape index (κ1) is 12.7. The number of thioether (sulfide) groups is 1. The van der Waals surface area contributed by atoms with Crippen molar-refractivity contribution in [3.8, 4) is 11.5 Å². The molecule has 0 aliphatic heterocycles. The summed E-state index contributed by atoms with van der Waals surface area (Å²) in [6.45, 7) is 0. The number of benzene rings is 1. The summed E-state index contributed by atoms with van der Waals surface area (Å²) < 4.78 is 10.3. The fraction of sp³-hybridized carbons (Fsp3) is 0.364. The molecule has 0 aromatic heterocycles. The van der Waals surface area contributed by atoms with Crippen LogP contribution in [0.15, 0.2) is 23.1 Å². The maximum absolute atomic E-state index is 10.4. The molecule has 16 heavy (non-hydrogen) atoms. The van der Waals surface area contributed by atoms with E-state index in [9.17, 15) is 4.79 Å². The van der Waals surface area contributed by atoms with E-state index in [4.69, 9.17) is 14.6 Å². The van der Waals surface area contributed by atoms with Gasteiger partial charge in [-0.1, -0.05) is 0 Å². The third-order valence-corrected chi connectivity index (χ3v) is 2.98. The second-order valence-corrected chi connectivity index (χ2v) is 4.15. The Hall–Kier alpha value is -1.36. The van der Waals surface area contributed by atoms with Crippen LogP contribution in [0.1, 0.15) is 6.42 Å². The molecule has 1 aromatic carbocycles. The number of methoxy groups -OCH3 is 2. The van der Waals surface area contributed by atoms with Crippen molar-refractivity contribution in [2.45, 2.75) is 11.3 Å². The highest BCUT2D eigenvalue weighted by atomic mass is 32.2. The van der Waals surface area contributed by atoms with Gasteiger partial charge in [-0.25, -0.2) is 0 Å². The van der Waals surface area contributed by atoms with Crippen molar-refractivity contribution >= 4 is 17.7 Å². The topological polar surface area (TPSA) is 55.8 Å². The van der Waals surface area contributed by atoms with E-state index in [1.807, 2.05) is 12.1 Å². The molecule has 88 valence electrons. The van der Waals surface area contributed by atoms with Crippen molar-refractivity contribution in [2.24, 2.45) is 0 Å². The van der Waals surface area contributed by atoms with Gasteiger partial charge in [-0.3, -0.25) is 4.79 Å². The molecule has 0 heterocycles. The van der Waals surface area contributed by atoms with Gasteiger partial charge in [0.05, 0.1) is 25.5 Å². The van der Waals surface area contributed by atoms with Crippen LogP contribution in [0.25, 0.3) is 0 Å². The number of aliphatic carboxylic acids is 1. The molecule has 1 aromatic rings. The summed E-state index contributed by atoms with van der Waals surface area (Å²) in [5, 5.41) is 8.55. The molecule has 0 saturated heterocycles. The fourth-order valence-corrected chi connectivity index (χ4v) is 2.13. The Bertz CT molecular complexity index is 365. The molecule has 0 amide bonds. The van der Waals surface area contributed by atoms with Gasteiger partial charge in [0.1, 0.15) is 11.5 Å². The zero-order valence-electron chi connectivity index (χ0n) is 9.23. The first-order valence-electron chi connectivity index (χ1n) is 4.74. The van der Waals surface area contributed by atoms with Crippen LogP contribution in [0, 0.1) is 0 Å². The largest absolute Gasteiger partial charge is 0.497 e. The minimum Gasteiger partial charge on any atom is -0.497 e. The number of rotatable bonds is 6. The Morgan fingerprint density at radius 3 is 2.69 bits per heavy atom. The lowest BCUT2D eigenvalue weighted by atomic mass is 10.3. The van der Waals surface area contributed by atoms with Gasteiger partial charge in [0, 0.05) is 5.75 Å². The summed E-state index contributed by atoms with van der Waals surface area (Å²) in [5.74, 6) is 1.18. The van der Waals surface area contributed by atoms with E-state index in [2.05, 4.69) is 0 Å². The van der Waals surface area contributed by atoms with Crippen molar-refractivity contribution in [1.82, 2.24) is 0 Å². The zero-order valence-corrected chi connectivity index (χ0v) is 10.0. The highest BCUT2D eigenvalue weighted by Crippen LogP contribution is 2.32. The van der Waals surface area contributed by atoms with E-state index in [0.29, 0.717) is 5.75 Å². The molecule has 0 saturated carbocycles. The van der Waals surface area contributed by atoms with Gasteiger partial charge in [-0.05, 0) is 18.2 Å². The number of carbonyl (C=O) groups is 1. The van der Waals surface area contributed by atoms with Crippen molar-refractivity contribution in [1.29, 1.82) is 0 Å². The van der Waals surface area contributed by atoms with Crippen LogP contribution >= 0.6 is 11.8 Å². The summed E-state index contributed by atoms with van der Waals surface area (Å²) in [6.07, 6.45) is 0.130. The molecule has 0 bridgehead atoms. The van der Waals surface area contributed by atoms with Gasteiger partial charge < -0.3 is 14.6 Å². The molecule has 0 aliphatic rings. The number of hydrogen-bond donors (Lipinski definition) is 1. The Balaban J connectivity index is 2.71. The summed E-state index contributed by atoms with van der Waals surface area (Å²) in [5.41, 5.74) is 0. The van der Waals surface area contributed by atoms with E-state index in [0.717, 1.165) is 16.4 Å². The van der Waals surface area contributed by atoms with Gasteiger partial charge in [0.15, 0.2) is 0 Å². The molecule has 0 unspecified atom stereocenters. The monoisotopic (exact) mass is 242 g/mol. The maximum atomic E-state index is 10.4. The van der Waals surface area contributed by atoms with Gasteiger partial charge in [-0.15, -0.1) is 11.8 Å². The molecule has 5 heteroatoms. The van der Waals surface area contributed by atoms with Crippen LogP contribution in [-0.2, 0) is 4.79 Å². The van der Waals surface area contributed by atoms with E-state index < -0.39 is 5.97 Å². The molecule has 0 radical (unpaired) electrons. The van der Waals surface area contributed by atoms with Crippen LogP contribution < -0.4 is 9.47 Å². The standard InChI is InChI=1S/C11H14O4S/c1-14-8-3-4-9(15-2)10(7-8)16-6-5-11(12)13/h3-4,7H,5-6H2,1-2H3,(H,12,13). The Kier molecular flexibility index (Phi) is 4.98. The fourth-order valence-electron chi connectivity index (χ4n) is 1.15. The average molecular weight is 242 g/mol. The van der Waals surface area contributed by atoms with Crippen molar-refractivity contribution in [3.63, 3.8) is 0 Å². The number of carboxylic acids is 1. The van der Waals surface area contributed by atoms with Crippen LogP contribution in [0.4, 0.5) is 0 Å². The Morgan fingerprint density at radius 1 is 1.38 bits per heavy atom. The van der Waals surface area contributed by atoms with Crippen LogP contribution in [-0.4, -0.2) is 31.0 Å². The second-order valence-electron chi connectivity index (χ2n) is 3.01. The predicted molar refractivity (Wildman–Crippen MR) is 62.5 cm³/mol. The van der Waals surface area contributed by atoms with Gasteiger partial charge >= 0.3 is 5.97 Å². The summed E-state index contributed by atoms with van der Waals surface area (Å²) in [6, 6.07) is 5.45. The molecule has 1 N–H and O–H groups in total. The summed E-state index contributed by atoms with van der Waals surface area (Å²) >= 11 is 1.44. The first-order chi connectivity index (χ1) is 7.67. The highest BCUT2D eigenvalue weighted by Gasteiger charge is 2.06. The Labute approximate surface area is 98.6 Å². The number of ether oxygens (including phenoxy) is 2. The minimum absolute atomic E-state index is 0.130. The van der Waals surface area contributed by atoms with Crippen molar-refractivity contribution in [3.05, 3.63) is 18.2 Å². The molecule has 0 spiro atoms. The van der Waals surface area contributed by atoms with Crippen LogP contribution in [0.3, 0.4) is 0 Å². The quantitative estimate of drug-likeness (QED) is 0.775. The SMILES string of the molecule is COc1ccc(OC)c(SCCC(=O)O)c1. The minimum atomic E-state index is -0.797. The van der Waals surface area contributed by atoms with E-state index >= 15 is 0 Å². The molecular weight excluding hydrogens is 228 g/mol. The van der Waals surface area contributed by atoms with Crippen molar-refractivity contribution in [2.75, 3.05) is 20.0 Å². The molecule has 0 fully saturated rings. The smallest absolute Gasteiger partial charge is 0.304 e. The molecular formula is C11H14O4S. The zero-order chi connectivity index (χ0) is 12.0. The maximum Gasteiger partial charge on any atom is 0.304 e. The van der Waals surface area contributed by atoms with Gasteiger partial charge in [0.2, 0.25) is 0 Å². The average Bonchev–Trinajstić information content (AvgIpc) is 2.28. The molecule has 0 aliphatic carbocycles. The third-order valence-electron chi connectivity index (χ3n) is 1.94. The predicted octanol–water partition coefficient (Wildman–Crippen LogP) is 2.27. The van der Waals surface area contributed by atoms with E-state index in [1.165, 1.54) is 11.8 Å². The third kappa shape index (κ3) is 3.66.